The molecule has 2 bridgehead atoms. The summed E-state index contributed by atoms with van der Waals surface area (Å²) >= 11 is 12.9. The van der Waals surface area contributed by atoms with Crippen LogP contribution in [0, 0.1) is 5.92 Å². The van der Waals surface area contributed by atoms with Gasteiger partial charge in [-0.25, -0.2) is 19.6 Å². The molecule has 0 aliphatic carbocycles. The SMILES string of the molecule is CC(C)Oc1cc([C@H](Cc2c(Cl)c[nH+]cc2Cl)OC(=O)c2ccc(CN(C(=O)O[C@H]3CN4CCC3CC4)c3ccccn3)cc2)ccc1OC(F)F. The molecule has 0 spiro atoms. The van der Waals surface area contributed by atoms with Crippen LogP contribution in [0.3, 0.4) is 0 Å². The van der Waals surface area contributed by atoms with E-state index in [9.17, 15) is 18.4 Å². The minimum atomic E-state index is -3.07. The van der Waals surface area contributed by atoms with Crippen LogP contribution in [0.5, 0.6) is 11.5 Å². The summed E-state index contributed by atoms with van der Waals surface area (Å²) in [6, 6.07) is 16.4. The molecule has 1 amide bonds. The Morgan fingerprint density at radius 1 is 0.981 bits per heavy atom. The number of ether oxygens (including phenoxy) is 4. The second kappa shape index (κ2) is 16.9. The summed E-state index contributed by atoms with van der Waals surface area (Å²) in [4.78, 5) is 38.3. The number of piperidine rings is 3. The van der Waals surface area contributed by atoms with Gasteiger partial charge in [0.05, 0.1) is 18.2 Å². The number of pyridine rings is 2. The summed E-state index contributed by atoms with van der Waals surface area (Å²) < 4.78 is 48.9. The zero-order valence-electron chi connectivity index (χ0n) is 28.6. The van der Waals surface area contributed by atoms with Crippen molar-refractivity contribution < 1.29 is 42.3 Å². The van der Waals surface area contributed by atoms with Gasteiger partial charge in [-0.1, -0.05) is 47.5 Å². The van der Waals surface area contributed by atoms with E-state index in [-0.39, 0.29) is 42.2 Å². The third kappa shape index (κ3) is 9.28. The van der Waals surface area contributed by atoms with Crippen LogP contribution in [0.2, 0.25) is 10.0 Å². The molecule has 10 nitrogen and oxygen atoms in total. The van der Waals surface area contributed by atoms with Gasteiger partial charge in [-0.2, -0.15) is 8.78 Å². The summed E-state index contributed by atoms with van der Waals surface area (Å²) in [5.74, 6) is 0.0295. The number of carbonyl (C=O) groups excluding carboxylic acids is 2. The largest absolute Gasteiger partial charge is 0.487 e. The van der Waals surface area contributed by atoms with Crippen LogP contribution in [0.15, 0.2) is 79.3 Å². The Bertz CT molecular complexity index is 1830. The van der Waals surface area contributed by atoms with E-state index in [1.807, 2.05) is 0 Å². The first-order valence-electron chi connectivity index (χ1n) is 17.0. The van der Waals surface area contributed by atoms with E-state index in [0.29, 0.717) is 32.9 Å². The van der Waals surface area contributed by atoms with Crippen molar-refractivity contribution in [3.05, 3.63) is 112 Å². The zero-order chi connectivity index (χ0) is 36.8. The van der Waals surface area contributed by atoms with Gasteiger partial charge in [-0.05, 0) is 93.2 Å². The number of carbonyl (C=O) groups is 2. The lowest BCUT2D eigenvalue weighted by Gasteiger charge is -2.44. The van der Waals surface area contributed by atoms with Crippen LogP contribution >= 0.6 is 23.2 Å². The molecule has 2 atom stereocenters. The number of halogens is 4. The smallest absolute Gasteiger partial charge is 0.416 e. The van der Waals surface area contributed by atoms with Gasteiger partial charge in [0.25, 0.3) is 0 Å². The number of hydrogen-bond acceptors (Lipinski definition) is 8. The molecule has 14 heteroatoms. The van der Waals surface area contributed by atoms with Crippen molar-refractivity contribution in [1.82, 2.24) is 9.88 Å². The molecule has 274 valence electrons. The fourth-order valence-corrected chi connectivity index (χ4v) is 7.00. The Morgan fingerprint density at radius 3 is 2.33 bits per heavy atom. The van der Waals surface area contributed by atoms with E-state index in [4.69, 9.17) is 37.4 Å². The molecule has 2 aromatic carbocycles. The maximum atomic E-state index is 13.7. The Morgan fingerprint density at radius 2 is 1.71 bits per heavy atom. The Hall–Kier alpha value is -4.52. The minimum absolute atomic E-state index is 0.0567. The Balaban J connectivity index is 1.22. The summed E-state index contributed by atoms with van der Waals surface area (Å²) in [5, 5.41) is 0.636. The number of nitrogens with zero attached hydrogens (tertiary/aromatic N) is 3. The highest BCUT2D eigenvalue weighted by Crippen LogP contribution is 2.37. The summed E-state index contributed by atoms with van der Waals surface area (Å²) in [7, 11) is 0. The second-order valence-electron chi connectivity index (χ2n) is 13.0. The number of esters is 1. The van der Waals surface area contributed by atoms with Crippen LogP contribution in [0.4, 0.5) is 19.4 Å². The number of anilines is 1. The lowest BCUT2D eigenvalue weighted by Crippen LogP contribution is -2.53. The van der Waals surface area contributed by atoms with Crippen molar-refractivity contribution in [3.63, 3.8) is 0 Å². The molecule has 3 aliphatic heterocycles. The first-order valence-corrected chi connectivity index (χ1v) is 17.8. The van der Waals surface area contributed by atoms with Crippen molar-refractivity contribution in [2.75, 3.05) is 24.5 Å². The molecule has 4 aromatic rings. The summed E-state index contributed by atoms with van der Waals surface area (Å²) in [5.41, 5.74) is 1.92. The van der Waals surface area contributed by atoms with E-state index in [1.165, 1.54) is 23.1 Å². The Labute approximate surface area is 310 Å². The molecule has 0 saturated carbocycles. The molecule has 1 N–H and O–H groups in total. The molecular weight excluding hydrogens is 717 g/mol. The average molecular weight is 757 g/mol. The third-order valence-corrected chi connectivity index (χ3v) is 9.75. The van der Waals surface area contributed by atoms with Crippen molar-refractivity contribution in [3.8, 4) is 11.5 Å². The number of rotatable bonds is 13. The molecule has 3 aliphatic rings. The van der Waals surface area contributed by atoms with E-state index in [2.05, 4.69) is 19.6 Å². The number of amides is 1. The van der Waals surface area contributed by atoms with Crippen molar-refractivity contribution in [2.45, 2.75) is 64.6 Å². The van der Waals surface area contributed by atoms with Crippen molar-refractivity contribution >= 4 is 41.1 Å². The average Bonchev–Trinajstić information content (AvgIpc) is 3.13. The topological polar surface area (TPSA) is 105 Å². The zero-order valence-corrected chi connectivity index (χ0v) is 30.2. The van der Waals surface area contributed by atoms with Gasteiger partial charge >= 0.3 is 18.7 Å². The maximum Gasteiger partial charge on any atom is 0.416 e. The monoisotopic (exact) mass is 755 g/mol. The minimum Gasteiger partial charge on any atom is -0.487 e. The number of alkyl halides is 2. The molecule has 2 aromatic heterocycles. The molecular formula is C38H39Cl2F2N4O6+. The fourth-order valence-electron chi connectivity index (χ4n) is 6.46. The third-order valence-electron chi connectivity index (χ3n) is 9.08. The molecule has 52 heavy (non-hydrogen) atoms. The quantitative estimate of drug-likeness (QED) is 0.127. The van der Waals surface area contributed by atoms with Crippen molar-refractivity contribution in [2.24, 2.45) is 5.92 Å². The van der Waals surface area contributed by atoms with Crippen LogP contribution < -0.4 is 19.4 Å². The number of aromatic amines is 1. The number of benzene rings is 2. The van der Waals surface area contributed by atoms with Crippen LogP contribution in [0.25, 0.3) is 0 Å². The predicted molar refractivity (Wildman–Crippen MR) is 190 cm³/mol. The van der Waals surface area contributed by atoms with E-state index < -0.39 is 24.8 Å². The molecule has 0 unspecified atom stereocenters. The lowest BCUT2D eigenvalue weighted by atomic mass is 9.86. The number of nitrogens with one attached hydrogen (secondary N) is 1. The first-order chi connectivity index (χ1) is 25.0. The number of hydrogen-bond donors (Lipinski definition) is 0. The van der Waals surface area contributed by atoms with Crippen LogP contribution in [-0.2, 0) is 22.4 Å². The van der Waals surface area contributed by atoms with Gasteiger partial charge in [-0.15, -0.1) is 0 Å². The van der Waals surface area contributed by atoms with E-state index in [0.717, 1.165) is 38.0 Å². The van der Waals surface area contributed by atoms with Gasteiger partial charge in [0.1, 0.15) is 28.1 Å². The Kier molecular flexibility index (Phi) is 12.1. The van der Waals surface area contributed by atoms with Gasteiger partial charge < -0.3 is 18.9 Å². The number of aromatic nitrogens is 2. The maximum absolute atomic E-state index is 13.7. The van der Waals surface area contributed by atoms with Crippen molar-refractivity contribution in [1.29, 1.82) is 0 Å². The summed E-state index contributed by atoms with van der Waals surface area (Å²) in [6.07, 6.45) is 4.82. The highest BCUT2D eigenvalue weighted by Gasteiger charge is 2.37. The standard InChI is InChI=1S/C38H38Cl2F2N4O6/c1-23(2)49-33-17-27(10-11-31(33)51-37(41)42)32(18-28-29(39)19-43-20-30(28)40)50-36(47)26-8-6-24(7-9-26)21-46(35-5-3-4-14-44-35)38(48)52-34-22-45-15-12-25(34)13-16-45/h3-11,14,17,19-20,23,25,32,34,37H,12-13,15-16,18,21-22H2,1-2H3/p+1/t32-,34-/m0/s1. The lowest BCUT2D eigenvalue weighted by molar-refractivity contribution is -0.377. The van der Waals surface area contributed by atoms with Crippen LogP contribution in [0.1, 0.15) is 59.8 Å². The molecule has 0 radical (unpaired) electrons. The molecule has 7 rings (SSSR count). The van der Waals surface area contributed by atoms with Gasteiger partial charge in [0, 0.05) is 24.7 Å². The molecule has 3 saturated heterocycles. The number of H-pyrrole nitrogens is 1. The normalized spacial score (nSPS) is 18.6. The highest BCUT2D eigenvalue weighted by molar-refractivity contribution is 6.35. The molecule has 3 fully saturated rings. The number of fused-ring (bicyclic) bond motifs is 3. The molecule has 5 heterocycles. The van der Waals surface area contributed by atoms with Gasteiger partial charge in [0.2, 0.25) is 0 Å². The van der Waals surface area contributed by atoms with Gasteiger partial charge in [-0.3, -0.25) is 9.80 Å². The van der Waals surface area contributed by atoms with E-state index in [1.54, 1.807) is 74.9 Å². The van der Waals surface area contributed by atoms with Crippen LogP contribution in [-0.4, -0.2) is 60.4 Å². The summed E-state index contributed by atoms with van der Waals surface area (Å²) in [6.45, 7) is 3.37. The van der Waals surface area contributed by atoms with E-state index >= 15 is 0 Å². The predicted octanol–water partition coefficient (Wildman–Crippen LogP) is 7.97. The first kappa shape index (κ1) is 37.2. The van der Waals surface area contributed by atoms with Gasteiger partial charge in [0.15, 0.2) is 23.9 Å². The fraction of sp³-hybridized carbons (Fsp3) is 0.368. The highest BCUT2D eigenvalue weighted by atomic mass is 35.5. The second-order valence-corrected chi connectivity index (χ2v) is 13.8.